The van der Waals surface area contributed by atoms with E-state index in [2.05, 4.69) is 0 Å². The minimum absolute atomic E-state index is 0.0185. The lowest BCUT2D eigenvalue weighted by molar-refractivity contribution is 0.613. The molecule has 0 saturated heterocycles. The molecule has 1 heteroatoms. The lowest BCUT2D eigenvalue weighted by atomic mass is 10.1. The molecule has 0 bridgehead atoms. The van der Waals surface area contributed by atoms with Gasteiger partial charge < -0.3 is 0 Å². The van der Waals surface area contributed by atoms with Crippen LogP contribution in [0.2, 0.25) is 0 Å². The van der Waals surface area contributed by atoms with Crippen LogP contribution in [0.25, 0.3) is 0 Å². The molecule has 0 N–H and O–H groups in total. The molecule has 0 fully saturated rings. The van der Waals surface area contributed by atoms with Crippen LogP contribution in [0, 0.1) is 5.82 Å². The summed E-state index contributed by atoms with van der Waals surface area (Å²) in [5, 5.41) is 0. The largest absolute Gasteiger partial charge is 0.207 e. The van der Waals surface area contributed by atoms with Crippen molar-refractivity contribution in [2.24, 2.45) is 0 Å². The van der Waals surface area contributed by atoms with Crippen molar-refractivity contribution in [2.75, 3.05) is 0 Å². The predicted molar refractivity (Wildman–Crippen MR) is 49.8 cm³/mol. The van der Waals surface area contributed by atoms with E-state index in [1.54, 1.807) is 12.1 Å². The maximum atomic E-state index is 12.9. The molecule has 0 nitrogen and oxygen atoms in total. The summed E-state index contributed by atoms with van der Waals surface area (Å²) in [6.45, 7) is 4.00. The predicted octanol–water partition coefficient (Wildman–Crippen LogP) is 3.34. The fourth-order valence-corrected chi connectivity index (χ4v) is 1.57. The Morgan fingerprint density at radius 1 is 1.17 bits per heavy atom. The zero-order chi connectivity index (χ0) is 8.97. The highest BCUT2D eigenvalue weighted by Gasteiger charge is 2.13. The standard InChI is InChI=1S/C9H9F.C2H6/c10-9-6-2-4-7-3-1-5-8(7)9;1-2/h2,4,6H,1,3,5H2;1-2H3. The van der Waals surface area contributed by atoms with E-state index in [0.717, 1.165) is 24.8 Å². The first-order chi connectivity index (χ1) is 5.88. The number of fused-ring (bicyclic) bond motifs is 1. The van der Waals surface area contributed by atoms with Crippen molar-refractivity contribution in [1.29, 1.82) is 0 Å². The third-order valence-electron chi connectivity index (χ3n) is 2.09. The fourth-order valence-electron chi connectivity index (χ4n) is 1.57. The van der Waals surface area contributed by atoms with Crippen LogP contribution in [0.5, 0.6) is 0 Å². The van der Waals surface area contributed by atoms with Crippen molar-refractivity contribution in [3.63, 3.8) is 0 Å². The number of halogens is 1. The molecule has 0 aliphatic heterocycles. The highest BCUT2D eigenvalue weighted by atomic mass is 19.1. The van der Waals surface area contributed by atoms with E-state index in [4.69, 9.17) is 0 Å². The maximum Gasteiger partial charge on any atom is 0.126 e. The van der Waals surface area contributed by atoms with Crippen LogP contribution in [0.1, 0.15) is 31.4 Å². The van der Waals surface area contributed by atoms with Crippen LogP contribution in [0.3, 0.4) is 0 Å². The summed E-state index contributed by atoms with van der Waals surface area (Å²) in [5.74, 6) is -0.0185. The number of benzene rings is 1. The summed E-state index contributed by atoms with van der Waals surface area (Å²) in [6.07, 6.45) is 3.12. The van der Waals surface area contributed by atoms with Crippen LogP contribution < -0.4 is 0 Å². The average molecular weight is 166 g/mol. The molecule has 1 aromatic rings. The normalized spacial score (nSPS) is 13.2. The molecule has 0 radical (unpaired) electrons. The number of hydrogen-bond donors (Lipinski definition) is 0. The summed E-state index contributed by atoms with van der Waals surface area (Å²) >= 11 is 0. The lowest BCUT2D eigenvalue weighted by Crippen LogP contribution is -1.85. The third-order valence-corrected chi connectivity index (χ3v) is 2.09. The van der Waals surface area contributed by atoms with Crippen LogP contribution in [-0.4, -0.2) is 0 Å². The van der Waals surface area contributed by atoms with Crippen LogP contribution in [0.15, 0.2) is 18.2 Å². The van der Waals surface area contributed by atoms with E-state index in [0.29, 0.717) is 0 Å². The van der Waals surface area contributed by atoms with Gasteiger partial charge in [0.15, 0.2) is 0 Å². The summed E-state index contributed by atoms with van der Waals surface area (Å²) in [4.78, 5) is 0. The van der Waals surface area contributed by atoms with Gasteiger partial charge in [0.05, 0.1) is 0 Å². The average Bonchev–Trinajstić information content (AvgIpc) is 2.57. The Bertz CT molecular complexity index is 253. The van der Waals surface area contributed by atoms with Gasteiger partial charge in [-0.2, -0.15) is 0 Å². The smallest absolute Gasteiger partial charge is 0.126 e. The van der Waals surface area contributed by atoms with Gasteiger partial charge >= 0.3 is 0 Å². The van der Waals surface area contributed by atoms with Crippen molar-refractivity contribution in [3.8, 4) is 0 Å². The molecule has 0 amide bonds. The highest BCUT2D eigenvalue weighted by Crippen LogP contribution is 2.23. The zero-order valence-electron chi connectivity index (χ0n) is 7.73. The minimum Gasteiger partial charge on any atom is -0.207 e. The second kappa shape index (κ2) is 4.24. The second-order valence-corrected chi connectivity index (χ2v) is 2.73. The van der Waals surface area contributed by atoms with Crippen molar-refractivity contribution in [1.82, 2.24) is 0 Å². The first-order valence-electron chi connectivity index (χ1n) is 4.64. The van der Waals surface area contributed by atoms with E-state index in [1.807, 2.05) is 19.9 Å². The van der Waals surface area contributed by atoms with Crippen LogP contribution in [0.4, 0.5) is 4.39 Å². The Morgan fingerprint density at radius 2 is 1.92 bits per heavy atom. The second-order valence-electron chi connectivity index (χ2n) is 2.73. The molecule has 0 spiro atoms. The van der Waals surface area contributed by atoms with Gasteiger partial charge in [0.1, 0.15) is 5.82 Å². The molecule has 0 saturated carbocycles. The Morgan fingerprint density at radius 3 is 2.58 bits per heavy atom. The van der Waals surface area contributed by atoms with E-state index in [1.165, 1.54) is 5.56 Å². The first-order valence-corrected chi connectivity index (χ1v) is 4.64. The fraction of sp³-hybridized carbons (Fsp3) is 0.455. The highest BCUT2D eigenvalue weighted by molar-refractivity contribution is 5.32. The minimum atomic E-state index is -0.0185. The molecular weight excluding hydrogens is 151 g/mol. The number of hydrogen-bond acceptors (Lipinski definition) is 0. The van der Waals surface area contributed by atoms with E-state index in [9.17, 15) is 4.39 Å². The number of aryl methyl sites for hydroxylation is 1. The summed E-state index contributed by atoms with van der Waals surface area (Å²) in [6, 6.07) is 5.36. The molecule has 66 valence electrons. The quantitative estimate of drug-likeness (QED) is 0.554. The maximum absolute atomic E-state index is 12.9. The molecule has 1 aromatic carbocycles. The van der Waals surface area contributed by atoms with Gasteiger partial charge in [0, 0.05) is 0 Å². The Kier molecular flexibility index (Phi) is 3.27. The molecule has 1 aliphatic rings. The zero-order valence-corrected chi connectivity index (χ0v) is 7.73. The monoisotopic (exact) mass is 166 g/mol. The lowest BCUT2D eigenvalue weighted by Gasteiger charge is -1.97. The van der Waals surface area contributed by atoms with E-state index in [-0.39, 0.29) is 5.82 Å². The van der Waals surface area contributed by atoms with Crippen LogP contribution >= 0.6 is 0 Å². The summed E-state index contributed by atoms with van der Waals surface area (Å²) in [7, 11) is 0. The van der Waals surface area contributed by atoms with Crippen molar-refractivity contribution in [2.45, 2.75) is 33.1 Å². The molecule has 1 aliphatic carbocycles. The Balaban J connectivity index is 0.000000336. The first kappa shape index (κ1) is 9.24. The number of rotatable bonds is 0. The SMILES string of the molecule is CC.Fc1cccc2c1CCC2. The Labute approximate surface area is 73.4 Å². The molecule has 0 aromatic heterocycles. The van der Waals surface area contributed by atoms with Gasteiger partial charge in [0.25, 0.3) is 0 Å². The van der Waals surface area contributed by atoms with Gasteiger partial charge in [-0.3, -0.25) is 0 Å². The molecule has 0 atom stereocenters. The topological polar surface area (TPSA) is 0 Å². The summed E-state index contributed by atoms with van der Waals surface area (Å²) in [5.41, 5.74) is 2.16. The van der Waals surface area contributed by atoms with Gasteiger partial charge in [-0.1, -0.05) is 26.0 Å². The van der Waals surface area contributed by atoms with Gasteiger partial charge in [-0.25, -0.2) is 4.39 Å². The van der Waals surface area contributed by atoms with Crippen molar-refractivity contribution >= 4 is 0 Å². The van der Waals surface area contributed by atoms with Gasteiger partial charge in [-0.05, 0) is 36.5 Å². The van der Waals surface area contributed by atoms with Crippen LogP contribution in [-0.2, 0) is 12.8 Å². The molecule has 2 rings (SSSR count). The van der Waals surface area contributed by atoms with E-state index >= 15 is 0 Å². The molecular formula is C11H15F. The molecule has 0 heterocycles. The molecule has 12 heavy (non-hydrogen) atoms. The Hall–Kier alpha value is -0.850. The van der Waals surface area contributed by atoms with E-state index < -0.39 is 0 Å². The van der Waals surface area contributed by atoms with Gasteiger partial charge in [0.2, 0.25) is 0 Å². The van der Waals surface area contributed by atoms with Crippen molar-refractivity contribution in [3.05, 3.63) is 35.1 Å². The summed E-state index contributed by atoms with van der Waals surface area (Å²) < 4.78 is 12.9. The van der Waals surface area contributed by atoms with Crippen molar-refractivity contribution < 1.29 is 4.39 Å². The van der Waals surface area contributed by atoms with Gasteiger partial charge in [-0.15, -0.1) is 0 Å². The third kappa shape index (κ3) is 1.66. The molecule has 0 unspecified atom stereocenters.